The number of hydrogen-bond donors (Lipinski definition) is 1. The molecule has 180 valence electrons. The van der Waals surface area contributed by atoms with Gasteiger partial charge in [0.15, 0.2) is 17.3 Å². The maximum atomic E-state index is 13.6. The van der Waals surface area contributed by atoms with Gasteiger partial charge in [-0.2, -0.15) is 10.1 Å². The molecule has 2 aliphatic rings. The van der Waals surface area contributed by atoms with Crippen LogP contribution in [0.3, 0.4) is 0 Å². The Kier molecular flexibility index (Phi) is 5.59. The van der Waals surface area contributed by atoms with Crippen molar-refractivity contribution < 1.29 is 23.9 Å². The van der Waals surface area contributed by atoms with Crippen LogP contribution in [0.1, 0.15) is 35.9 Å². The summed E-state index contributed by atoms with van der Waals surface area (Å²) >= 11 is 0. The minimum absolute atomic E-state index is 0.0202. The zero-order valence-electron chi connectivity index (χ0n) is 19.3. The molecule has 11 heteroatoms. The van der Waals surface area contributed by atoms with Gasteiger partial charge in [0.1, 0.15) is 12.4 Å². The number of non-ortho nitro benzene ring substituents is 1. The molecular formula is C24H23N5O6. The monoisotopic (exact) mass is 477 g/mol. The fraction of sp³-hybridized carbons (Fsp3) is 0.292. The van der Waals surface area contributed by atoms with Gasteiger partial charge in [0, 0.05) is 29.8 Å². The molecule has 0 radical (unpaired) electrons. The van der Waals surface area contributed by atoms with Crippen LogP contribution in [-0.4, -0.2) is 46.8 Å². The SMILES string of the molecule is COc1cc([C@@H]2CC(=O)C3=C(C2)Nc2ncnn2[C@H]3c2ccc([N+](=O)[O-])cc2)cc(OC)c1OC. The lowest BCUT2D eigenvalue weighted by atomic mass is 9.77. The van der Waals surface area contributed by atoms with Crippen molar-refractivity contribution in [3.8, 4) is 17.2 Å². The van der Waals surface area contributed by atoms with Gasteiger partial charge in [-0.25, -0.2) is 4.68 Å². The van der Waals surface area contributed by atoms with Crippen LogP contribution in [-0.2, 0) is 4.79 Å². The molecule has 11 nitrogen and oxygen atoms in total. The largest absolute Gasteiger partial charge is 0.493 e. The Morgan fingerprint density at radius 3 is 2.31 bits per heavy atom. The Hall–Kier alpha value is -4.41. The standard InChI is InChI=1S/C24H23N5O6/c1-33-19-10-15(11-20(34-2)23(19)35-3)14-8-17-21(18(30)9-14)22(28-24(27-17)25-12-26-28)13-4-6-16(7-5-13)29(31)32/h4-7,10-12,14,22H,8-9H2,1-3H3,(H,25,26,27)/t14-,22-/m0/s1. The molecule has 0 fully saturated rings. The molecule has 0 amide bonds. The van der Waals surface area contributed by atoms with Gasteiger partial charge in [-0.05, 0) is 47.7 Å². The van der Waals surface area contributed by atoms with Crippen molar-refractivity contribution in [3.63, 3.8) is 0 Å². The summed E-state index contributed by atoms with van der Waals surface area (Å²) < 4.78 is 18.0. The molecule has 1 aromatic heterocycles. The van der Waals surface area contributed by atoms with E-state index in [2.05, 4.69) is 15.4 Å². The number of ether oxygens (including phenoxy) is 3. The van der Waals surface area contributed by atoms with Gasteiger partial charge in [0.25, 0.3) is 5.69 Å². The number of methoxy groups -OCH3 is 3. The van der Waals surface area contributed by atoms with Gasteiger partial charge in [-0.1, -0.05) is 0 Å². The Morgan fingerprint density at radius 2 is 1.71 bits per heavy atom. The lowest BCUT2D eigenvalue weighted by Gasteiger charge is -2.35. The third-order valence-corrected chi connectivity index (χ3v) is 6.44. The summed E-state index contributed by atoms with van der Waals surface area (Å²) in [7, 11) is 4.65. The number of nitro groups is 1. The smallest absolute Gasteiger partial charge is 0.269 e. The van der Waals surface area contributed by atoms with E-state index in [0.29, 0.717) is 35.2 Å². The van der Waals surface area contributed by atoms with Crippen molar-refractivity contribution in [2.24, 2.45) is 0 Å². The molecule has 0 saturated heterocycles. The van der Waals surface area contributed by atoms with Gasteiger partial charge in [-0.3, -0.25) is 14.9 Å². The summed E-state index contributed by atoms with van der Waals surface area (Å²) in [5.41, 5.74) is 2.92. The summed E-state index contributed by atoms with van der Waals surface area (Å²) in [5, 5.41) is 18.7. The first-order valence-corrected chi connectivity index (χ1v) is 10.9. The first-order chi connectivity index (χ1) is 16.9. The molecule has 1 N–H and O–H groups in total. The molecule has 2 heterocycles. The third-order valence-electron chi connectivity index (χ3n) is 6.44. The Labute approximate surface area is 200 Å². The number of fused-ring (bicyclic) bond motifs is 1. The minimum Gasteiger partial charge on any atom is -0.493 e. The first kappa shape index (κ1) is 22.4. The van der Waals surface area contributed by atoms with Gasteiger partial charge in [-0.15, -0.1) is 0 Å². The highest BCUT2D eigenvalue weighted by Crippen LogP contribution is 2.47. The van der Waals surface area contributed by atoms with E-state index in [-0.39, 0.29) is 23.8 Å². The van der Waals surface area contributed by atoms with Crippen LogP contribution in [0.25, 0.3) is 0 Å². The van der Waals surface area contributed by atoms with E-state index in [4.69, 9.17) is 14.2 Å². The third kappa shape index (κ3) is 3.74. The van der Waals surface area contributed by atoms with E-state index >= 15 is 0 Å². The predicted octanol–water partition coefficient (Wildman–Crippen LogP) is 3.63. The summed E-state index contributed by atoms with van der Waals surface area (Å²) in [6.07, 6.45) is 2.24. The van der Waals surface area contributed by atoms with Crippen molar-refractivity contribution in [2.45, 2.75) is 24.8 Å². The number of rotatable bonds is 6. The molecule has 0 unspecified atom stereocenters. The number of nitro benzene ring substituents is 1. The number of nitrogens with zero attached hydrogens (tertiary/aromatic N) is 4. The maximum Gasteiger partial charge on any atom is 0.269 e. The second kappa shape index (κ2) is 8.75. The van der Waals surface area contributed by atoms with Crippen LogP contribution in [0.5, 0.6) is 17.2 Å². The van der Waals surface area contributed by atoms with E-state index in [1.807, 2.05) is 12.1 Å². The fourth-order valence-electron chi connectivity index (χ4n) is 4.81. The lowest BCUT2D eigenvalue weighted by molar-refractivity contribution is -0.384. The molecule has 35 heavy (non-hydrogen) atoms. The highest BCUT2D eigenvalue weighted by molar-refractivity contribution is 6.00. The van der Waals surface area contributed by atoms with Crippen LogP contribution in [0.15, 0.2) is 54.0 Å². The Bertz CT molecular complexity index is 1320. The quantitative estimate of drug-likeness (QED) is 0.418. The molecule has 1 aliphatic heterocycles. The Morgan fingerprint density at radius 1 is 1.03 bits per heavy atom. The number of anilines is 1. The van der Waals surface area contributed by atoms with E-state index < -0.39 is 11.0 Å². The molecule has 2 aromatic carbocycles. The van der Waals surface area contributed by atoms with Crippen LogP contribution in [0.4, 0.5) is 11.6 Å². The molecule has 0 spiro atoms. The van der Waals surface area contributed by atoms with Gasteiger partial charge in [0.2, 0.25) is 11.7 Å². The zero-order chi connectivity index (χ0) is 24.7. The number of carbonyl (C=O) groups is 1. The van der Waals surface area contributed by atoms with Crippen LogP contribution >= 0.6 is 0 Å². The van der Waals surface area contributed by atoms with E-state index in [9.17, 15) is 14.9 Å². The number of allylic oxidation sites excluding steroid dienone is 2. The topological polar surface area (TPSA) is 131 Å². The van der Waals surface area contributed by atoms with Crippen molar-refractivity contribution in [3.05, 3.63) is 75.2 Å². The summed E-state index contributed by atoms with van der Waals surface area (Å²) in [4.78, 5) is 28.5. The lowest BCUT2D eigenvalue weighted by Crippen LogP contribution is -2.33. The first-order valence-electron chi connectivity index (χ1n) is 10.9. The minimum atomic E-state index is -0.530. The van der Waals surface area contributed by atoms with Crippen LogP contribution in [0, 0.1) is 10.1 Å². The average molecular weight is 477 g/mol. The number of nitrogens with one attached hydrogen (secondary N) is 1. The van der Waals surface area contributed by atoms with Crippen molar-refractivity contribution in [1.29, 1.82) is 0 Å². The zero-order valence-corrected chi connectivity index (χ0v) is 19.3. The molecule has 1 aliphatic carbocycles. The molecule has 3 aromatic rings. The average Bonchev–Trinajstić information content (AvgIpc) is 3.34. The van der Waals surface area contributed by atoms with Crippen LogP contribution < -0.4 is 19.5 Å². The van der Waals surface area contributed by atoms with E-state index in [1.165, 1.54) is 18.5 Å². The van der Waals surface area contributed by atoms with Gasteiger partial charge >= 0.3 is 0 Å². The van der Waals surface area contributed by atoms with Crippen molar-refractivity contribution in [1.82, 2.24) is 14.8 Å². The second-order valence-electron chi connectivity index (χ2n) is 8.28. The van der Waals surface area contributed by atoms with E-state index in [0.717, 1.165) is 16.8 Å². The summed E-state index contributed by atoms with van der Waals surface area (Å²) in [5.74, 6) is 1.87. The molecule has 5 rings (SSSR count). The number of Topliss-reactive ketones (excluding diaryl/α,β-unsaturated/α-hetero) is 1. The highest BCUT2D eigenvalue weighted by atomic mass is 16.6. The predicted molar refractivity (Wildman–Crippen MR) is 125 cm³/mol. The van der Waals surface area contributed by atoms with E-state index in [1.54, 1.807) is 38.1 Å². The summed E-state index contributed by atoms with van der Waals surface area (Å²) in [6.45, 7) is 0. The van der Waals surface area contributed by atoms with Gasteiger partial charge < -0.3 is 19.5 Å². The number of hydrogen-bond acceptors (Lipinski definition) is 9. The van der Waals surface area contributed by atoms with Crippen molar-refractivity contribution >= 4 is 17.4 Å². The molecule has 0 saturated carbocycles. The maximum absolute atomic E-state index is 13.6. The fourth-order valence-corrected chi connectivity index (χ4v) is 4.81. The number of carbonyl (C=O) groups excluding carboxylic acids is 1. The number of aromatic nitrogens is 3. The normalized spacial score (nSPS) is 18.9. The molecular weight excluding hydrogens is 454 g/mol. The molecule has 0 bridgehead atoms. The second-order valence-corrected chi connectivity index (χ2v) is 8.28. The highest BCUT2D eigenvalue weighted by Gasteiger charge is 2.39. The summed E-state index contributed by atoms with van der Waals surface area (Å²) in [6, 6.07) is 9.37. The van der Waals surface area contributed by atoms with Crippen LogP contribution in [0.2, 0.25) is 0 Å². The van der Waals surface area contributed by atoms with Gasteiger partial charge in [0.05, 0.1) is 26.3 Å². The Balaban J connectivity index is 1.56. The number of benzene rings is 2. The van der Waals surface area contributed by atoms with Crippen molar-refractivity contribution in [2.75, 3.05) is 26.6 Å². The molecule has 2 atom stereocenters. The number of ketones is 1.